The second-order valence-corrected chi connectivity index (χ2v) is 14.1. The number of methoxy groups -OCH3 is 2. The van der Waals surface area contributed by atoms with Crippen molar-refractivity contribution < 1.29 is 27.5 Å². The van der Waals surface area contributed by atoms with E-state index in [1.54, 1.807) is 30.3 Å². The van der Waals surface area contributed by atoms with Crippen LogP contribution in [-0.4, -0.2) is 57.5 Å². The van der Waals surface area contributed by atoms with Gasteiger partial charge >= 0.3 is 0 Å². The van der Waals surface area contributed by atoms with Gasteiger partial charge in [0.25, 0.3) is 10.0 Å². The third-order valence-corrected chi connectivity index (χ3v) is 9.41. The molecule has 2 amide bonds. The predicted octanol–water partition coefficient (Wildman–Crippen LogP) is 5.76. The molecule has 1 unspecified atom stereocenters. The molecule has 0 spiro atoms. The van der Waals surface area contributed by atoms with Crippen molar-refractivity contribution in [2.75, 3.05) is 25.1 Å². The van der Waals surface area contributed by atoms with Crippen LogP contribution in [0.5, 0.6) is 11.5 Å². The minimum Gasteiger partial charge on any atom is -0.493 e. The molecule has 1 N–H and O–H groups in total. The van der Waals surface area contributed by atoms with E-state index in [2.05, 4.69) is 5.32 Å². The summed E-state index contributed by atoms with van der Waals surface area (Å²) >= 11 is 0. The fourth-order valence-corrected chi connectivity index (χ4v) is 6.64. The maximum absolute atomic E-state index is 14.6. The number of para-hydroxylation sites is 1. The highest BCUT2D eigenvalue weighted by atomic mass is 32.2. The Kier molecular flexibility index (Phi) is 11.3. The highest BCUT2D eigenvalue weighted by Gasteiger charge is 2.36. The van der Waals surface area contributed by atoms with Gasteiger partial charge in [-0.2, -0.15) is 0 Å². The SMILES string of the molecule is COc1ccc(S(=O)(=O)N(CC(=O)N(Cc2ccccc2C)C(Cc2ccccc2)C(=O)NC(C)(C)C)c2ccccc2)cc1OC. The summed E-state index contributed by atoms with van der Waals surface area (Å²) in [6.07, 6.45) is 0.230. The van der Waals surface area contributed by atoms with Gasteiger partial charge in [-0.3, -0.25) is 13.9 Å². The van der Waals surface area contributed by atoms with Crippen LogP contribution < -0.4 is 19.1 Å². The van der Waals surface area contributed by atoms with Gasteiger partial charge in [-0.05, 0) is 68.7 Å². The maximum Gasteiger partial charge on any atom is 0.264 e. The summed E-state index contributed by atoms with van der Waals surface area (Å²) < 4.78 is 40.4. The fraction of sp³-hybridized carbons (Fsp3) is 0.297. The van der Waals surface area contributed by atoms with Crippen molar-refractivity contribution in [1.82, 2.24) is 10.2 Å². The van der Waals surface area contributed by atoms with E-state index in [9.17, 15) is 18.0 Å². The number of carbonyl (C=O) groups is 2. The lowest BCUT2D eigenvalue weighted by molar-refractivity contribution is -0.140. The number of nitrogens with zero attached hydrogens (tertiary/aromatic N) is 2. The highest BCUT2D eigenvalue weighted by molar-refractivity contribution is 7.92. The number of hydrogen-bond donors (Lipinski definition) is 1. The minimum atomic E-state index is -4.31. The van der Waals surface area contributed by atoms with Crippen LogP contribution in [0, 0.1) is 6.92 Å². The summed E-state index contributed by atoms with van der Waals surface area (Å²) in [5.41, 5.74) is 2.37. The minimum absolute atomic E-state index is 0.0800. The Hall–Kier alpha value is -4.83. The van der Waals surface area contributed by atoms with E-state index < -0.39 is 34.1 Å². The normalized spacial score (nSPS) is 12.1. The van der Waals surface area contributed by atoms with Crippen LogP contribution in [0.2, 0.25) is 0 Å². The van der Waals surface area contributed by atoms with Gasteiger partial charge in [0.05, 0.1) is 24.8 Å². The van der Waals surface area contributed by atoms with Gasteiger partial charge in [-0.25, -0.2) is 8.42 Å². The number of ether oxygens (including phenoxy) is 2. The number of nitrogens with one attached hydrogen (secondary N) is 1. The topological polar surface area (TPSA) is 105 Å². The average molecular weight is 658 g/mol. The van der Waals surface area contributed by atoms with Crippen LogP contribution in [0.3, 0.4) is 0 Å². The quantitative estimate of drug-likeness (QED) is 0.196. The van der Waals surface area contributed by atoms with Gasteiger partial charge in [-0.15, -0.1) is 0 Å². The molecule has 0 aromatic heterocycles. The Morgan fingerprint density at radius 1 is 0.809 bits per heavy atom. The first kappa shape index (κ1) is 35.0. The molecule has 0 aliphatic carbocycles. The third kappa shape index (κ3) is 8.92. The lowest BCUT2D eigenvalue weighted by atomic mass is 10.00. The fourth-order valence-electron chi connectivity index (χ4n) is 5.21. The number of hydrogen-bond acceptors (Lipinski definition) is 6. The number of aryl methyl sites for hydroxylation is 1. The number of benzene rings is 4. The van der Waals surface area contributed by atoms with Crippen molar-refractivity contribution in [3.05, 3.63) is 120 Å². The summed E-state index contributed by atoms with van der Waals surface area (Å²) in [4.78, 5) is 30.1. The highest BCUT2D eigenvalue weighted by Crippen LogP contribution is 2.32. The van der Waals surface area contributed by atoms with Crippen molar-refractivity contribution in [2.45, 2.75) is 57.1 Å². The molecule has 0 heterocycles. The molecule has 9 nitrogen and oxygen atoms in total. The molecule has 248 valence electrons. The number of rotatable bonds is 13. The largest absolute Gasteiger partial charge is 0.493 e. The summed E-state index contributed by atoms with van der Waals surface area (Å²) in [5, 5.41) is 3.05. The summed E-state index contributed by atoms with van der Waals surface area (Å²) in [6, 6.07) is 28.9. The molecule has 4 aromatic carbocycles. The second-order valence-electron chi connectivity index (χ2n) is 12.3. The molecule has 0 saturated heterocycles. The summed E-state index contributed by atoms with van der Waals surface area (Å²) in [6.45, 7) is 7.12. The van der Waals surface area contributed by atoms with Gasteiger partial charge in [0, 0.05) is 24.6 Å². The number of carbonyl (C=O) groups excluding carboxylic acids is 2. The van der Waals surface area contributed by atoms with Crippen molar-refractivity contribution in [3.63, 3.8) is 0 Å². The van der Waals surface area contributed by atoms with Crippen LogP contribution in [0.15, 0.2) is 108 Å². The molecule has 0 bridgehead atoms. The molecule has 4 aromatic rings. The number of amides is 2. The Morgan fingerprint density at radius 2 is 1.40 bits per heavy atom. The zero-order chi connectivity index (χ0) is 34.2. The van der Waals surface area contributed by atoms with E-state index >= 15 is 0 Å². The molecular formula is C37H43N3O6S. The summed E-state index contributed by atoms with van der Waals surface area (Å²) in [7, 11) is -1.42. The second kappa shape index (κ2) is 15.2. The van der Waals surface area contributed by atoms with Crippen LogP contribution in [-0.2, 0) is 32.6 Å². The Balaban J connectivity index is 1.83. The first-order valence-electron chi connectivity index (χ1n) is 15.3. The van der Waals surface area contributed by atoms with E-state index in [0.29, 0.717) is 11.4 Å². The zero-order valence-corrected chi connectivity index (χ0v) is 28.6. The monoisotopic (exact) mass is 657 g/mol. The Bertz CT molecular complexity index is 1770. The van der Waals surface area contributed by atoms with E-state index in [4.69, 9.17) is 9.47 Å². The molecule has 0 aliphatic heterocycles. The van der Waals surface area contributed by atoms with Crippen LogP contribution in [0.1, 0.15) is 37.5 Å². The molecule has 0 saturated carbocycles. The zero-order valence-electron chi connectivity index (χ0n) is 27.8. The van der Waals surface area contributed by atoms with Crippen molar-refractivity contribution in [1.29, 1.82) is 0 Å². The molecule has 10 heteroatoms. The van der Waals surface area contributed by atoms with Crippen molar-refractivity contribution in [3.8, 4) is 11.5 Å². The predicted molar refractivity (Wildman–Crippen MR) is 184 cm³/mol. The molecule has 4 rings (SSSR count). The van der Waals surface area contributed by atoms with Crippen LogP contribution >= 0.6 is 0 Å². The molecule has 0 radical (unpaired) electrons. The molecule has 47 heavy (non-hydrogen) atoms. The lowest BCUT2D eigenvalue weighted by Crippen LogP contribution is -2.56. The van der Waals surface area contributed by atoms with Gasteiger partial charge in [0.1, 0.15) is 12.6 Å². The third-order valence-electron chi connectivity index (χ3n) is 7.64. The van der Waals surface area contributed by atoms with Gasteiger partial charge in [0.15, 0.2) is 11.5 Å². The van der Waals surface area contributed by atoms with Gasteiger partial charge in [-0.1, -0.05) is 72.8 Å². The smallest absolute Gasteiger partial charge is 0.264 e. The first-order valence-corrected chi connectivity index (χ1v) is 16.8. The first-order chi connectivity index (χ1) is 22.3. The molecule has 0 aliphatic rings. The number of sulfonamides is 1. The van der Waals surface area contributed by atoms with Crippen molar-refractivity contribution in [2.24, 2.45) is 0 Å². The standard InChI is InChI=1S/C37H43N3O6S/c1-27-15-13-14-18-29(27)25-39(32(36(42)38-37(2,3)4)23-28-16-9-7-10-17-28)35(41)26-40(30-19-11-8-12-20-30)47(43,44)31-21-22-33(45-5)34(24-31)46-6/h7-22,24,32H,23,25-26H2,1-6H3,(H,38,42). The van der Waals surface area contributed by atoms with Gasteiger partial charge < -0.3 is 19.7 Å². The Labute approximate surface area is 278 Å². The average Bonchev–Trinajstić information content (AvgIpc) is 3.05. The van der Waals surface area contributed by atoms with E-state index in [1.165, 1.54) is 37.3 Å². The molecule has 1 atom stereocenters. The van der Waals surface area contributed by atoms with Gasteiger partial charge in [0.2, 0.25) is 11.8 Å². The van der Waals surface area contributed by atoms with E-state index in [-0.39, 0.29) is 29.5 Å². The van der Waals surface area contributed by atoms with Crippen LogP contribution in [0.4, 0.5) is 5.69 Å². The van der Waals surface area contributed by atoms with Crippen molar-refractivity contribution >= 4 is 27.5 Å². The number of anilines is 1. The maximum atomic E-state index is 14.6. The molecular weight excluding hydrogens is 614 g/mol. The Morgan fingerprint density at radius 3 is 2.00 bits per heavy atom. The van der Waals surface area contributed by atoms with E-state index in [0.717, 1.165) is 21.0 Å². The lowest BCUT2D eigenvalue weighted by Gasteiger charge is -2.35. The van der Waals surface area contributed by atoms with E-state index in [1.807, 2.05) is 82.3 Å². The summed E-state index contributed by atoms with van der Waals surface area (Å²) in [5.74, 6) is -0.272. The van der Waals surface area contributed by atoms with Crippen LogP contribution in [0.25, 0.3) is 0 Å². The molecule has 0 fully saturated rings.